The van der Waals surface area contributed by atoms with Gasteiger partial charge in [-0.3, -0.25) is 9.69 Å². The van der Waals surface area contributed by atoms with E-state index < -0.39 is 27.4 Å². The molecular weight excluding hydrogens is 458 g/mol. The van der Waals surface area contributed by atoms with Gasteiger partial charge in [0.25, 0.3) is 10.0 Å². The maximum atomic E-state index is 12.8. The van der Waals surface area contributed by atoms with Crippen LogP contribution in [0, 0.1) is 5.41 Å². The first-order chi connectivity index (χ1) is 14.8. The van der Waals surface area contributed by atoms with Crippen LogP contribution >= 0.6 is 11.6 Å². The van der Waals surface area contributed by atoms with Crippen LogP contribution in [0.5, 0.6) is 5.75 Å². The molecule has 1 unspecified atom stereocenters. The molecule has 0 bridgehead atoms. The quantitative estimate of drug-likeness (QED) is 0.685. The lowest BCUT2D eigenvalue weighted by atomic mass is 9.84. The van der Waals surface area contributed by atoms with Crippen LogP contribution in [0.2, 0.25) is 5.02 Å². The molecule has 1 fully saturated rings. The van der Waals surface area contributed by atoms with Crippen LogP contribution < -0.4 is 5.56 Å². The lowest BCUT2D eigenvalue weighted by molar-refractivity contribution is 0.0187. The molecule has 2 aromatic rings. The number of aromatic hydroxyl groups is 1. The summed E-state index contributed by atoms with van der Waals surface area (Å²) in [4.78, 5) is 27.5. The summed E-state index contributed by atoms with van der Waals surface area (Å²) in [5.74, 6) is -0.661. The second kappa shape index (κ2) is 8.76. The predicted molar refractivity (Wildman–Crippen MR) is 120 cm³/mol. The molecule has 11 heteroatoms. The second-order valence-electron chi connectivity index (χ2n) is 8.85. The predicted octanol–water partition coefficient (Wildman–Crippen LogP) is 2.65. The lowest BCUT2D eigenvalue weighted by Gasteiger charge is -2.46. The first kappa shape index (κ1) is 24.1. The molecule has 1 aliphatic rings. The molecule has 9 nitrogen and oxygen atoms in total. The third-order valence-corrected chi connectivity index (χ3v) is 7.46. The zero-order chi connectivity index (χ0) is 23.8. The second-order valence-corrected chi connectivity index (χ2v) is 11.1. The molecule has 1 aliphatic heterocycles. The minimum absolute atomic E-state index is 0.169. The van der Waals surface area contributed by atoms with Gasteiger partial charge in [0, 0.05) is 43.0 Å². The van der Waals surface area contributed by atoms with Crippen LogP contribution in [0.4, 0.5) is 4.79 Å². The van der Waals surface area contributed by atoms with Gasteiger partial charge in [-0.25, -0.2) is 17.2 Å². The van der Waals surface area contributed by atoms with Gasteiger partial charge in [-0.15, -0.1) is 0 Å². The van der Waals surface area contributed by atoms with E-state index in [9.17, 15) is 28.2 Å². The first-order valence-corrected chi connectivity index (χ1v) is 11.8. The number of aromatic nitrogens is 1. The lowest BCUT2D eigenvalue weighted by Crippen LogP contribution is -2.59. The number of carbonyl (C=O) groups is 1. The summed E-state index contributed by atoms with van der Waals surface area (Å²) in [7, 11) is -4.24. The van der Waals surface area contributed by atoms with Gasteiger partial charge >= 0.3 is 11.7 Å². The van der Waals surface area contributed by atoms with E-state index in [-0.39, 0.29) is 40.0 Å². The van der Waals surface area contributed by atoms with Crippen LogP contribution in [0.25, 0.3) is 0 Å². The largest absolute Gasteiger partial charge is 0.503 e. The summed E-state index contributed by atoms with van der Waals surface area (Å²) >= 11 is 5.87. The highest BCUT2D eigenvalue weighted by atomic mass is 35.5. The first-order valence-electron chi connectivity index (χ1n) is 9.99. The maximum absolute atomic E-state index is 12.8. The Hall–Kier alpha value is -2.56. The summed E-state index contributed by atoms with van der Waals surface area (Å²) in [5, 5.41) is 20.2. The standard InChI is InChI=1S/C21H26ClN3O6S/c1-21(2,3)17-13-23(9-10-24(17)20(28)29)12-14-7-8-25(19(27)18(14)26)32(30,31)16-6-4-5-15(22)11-16/h4-8,11,17,26H,9-10,12-13H2,1-3H3,(H,28,29). The molecule has 174 valence electrons. The fraction of sp³-hybridized carbons (Fsp3) is 0.429. The number of hydrogen-bond acceptors (Lipinski definition) is 6. The van der Waals surface area contributed by atoms with Crippen molar-refractivity contribution in [3.05, 3.63) is 57.5 Å². The van der Waals surface area contributed by atoms with Crippen LogP contribution in [-0.2, 0) is 16.6 Å². The minimum atomic E-state index is -4.24. The highest BCUT2D eigenvalue weighted by Crippen LogP contribution is 2.29. The molecule has 1 saturated heterocycles. The van der Waals surface area contributed by atoms with Gasteiger partial charge in [-0.05, 0) is 29.7 Å². The van der Waals surface area contributed by atoms with Crippen LogP contribution in [-0.4, -0.2) is 64.2 Å². The third kappa shape index (κ3) is 4.77. The van der Waals surface area contributed by atoms with E-state index in [1.807, 2.05) is 25.7 Å². The number of carboxylic acid groups (broad SMARTS) is 1. The fourth-order valence-corrected chi connectivity index (χ4v) is 5.33. The van der Waals surface area contributed by atoms with Gasteiger partial charge in [0.05, 0.1) is 10.9 Å². The topological polar surface area (TPSA) is 120 Å². The molecule has 1 amide bonds. The fourth-order valence-electron chi connectivity index (χ4n) is 3.80. The van der Waals surface area contributed by atoms with Crippen molar-refractivity contribution in [1.29, 1.82) is 0 Å². The summed E-state index contributed by atoms with van der Waals surface area (Å²) < 4.78 is 26.2. The Morgan fingerprint density at radius 3 is 2.50 bits per heavy atom. The number of benzene rings is 1. The maximum Gasteiger partial charge on any atom is 0.407 e. The molecule has 2 heterocycles. The zero-order valence-corrected chi connectivity index (χ0v) is 19.6. The van der Waals surface area contributed by atoms with Crippen molar-refractivity contribution in [2.24, 2.45) is 5.41 Å². The van der Waals surface area contributed by atoms with Crippen molar-refractivity contribution < 1.29 is 23.4 Å². The Kier molecular flexibility index (Phi) is 6.60. The number of hydrogen-bond donors (Lipinski definition) is 2. The van der Waals surface area contributed by atoms with Crippen LogP contribution in [0.3, 0.4) is 0 Å². The Morgan fingerprint density at radius 1 is 1.22 bits per heavy atom. The van der Waals surface area contributed by atoms with Gasteiger partial charge in [0.1, 0.15) is 0 Å². The van der Waals surface area contributed by atoms with Crippen molar-refractivity contribution in [3.8, 4) is 5.75 Å². The zero-order valence-electron chi connectivity index (χ0n) is 18.0. The third-order valence-electron chi connectivity index (χ3n) is 5.57. The Labute approximate surface area is 191 Å². The van der Waals surface area contributed by atoms with Crippen molar-refractivity contribution in [1.82, 2.24) is 13.8 Å². The van der Waals surface area contributed by atoms with Gasteiger partial charge in [-0.2, -0.15) is 0 Å². The van der Waals surface area contributed by atoms with E-state index in [1.54, 1.807) is 0 Å². The SMILES string of the molecule is CC(C)(C)C1CN(Cc2ccn(S(=O)(=O)c3cccc(Cl)c3)c(=O)c2O)CCN1C(=O)O. The number of amides is 1. The molecule has 0 spiro atoms. The number of halogens is 1. The number of nitrogens with zero attached hydrogens (tertiary/aromatic N) is 3. The molecule has 1 atom stereocenters. The highest BCUT2D eigenvalue weighted by Gasteiger charge is 2.38. The molecule has 1 aromatic heterocycles. The van der Waals surface area contributed by atoms with Gasteiger partial charge in [0.2, 0.25) is 0 Å². The van der Waals surface area contributed by atoms with E-state index in [2.05, 4.69) is 0 Å². The Balaban J connectivity index is 1.88. The monoisotopic (exact) mass is 483 g/mol. The Morgan fingerprint density at radius 2 is 1.91 bits per heavy atom. The summed E-state index contributed by atoms with van der Waals surface area (Å²) in [6.45, 7) is 7.17. The summed E-state index contributed by atoms with van der Waals surface area (Å²) in [5.41, 5.74) is -1.10. The summed E-state index contributed by atoms with van der Waals surface area (Å²) in [6, 6.07) is 6.61. The van der Waals surface area contributed by atoms with Gasteiger partial charge in [0.15, 0.2) is 5.75 Å². The molecule has 0 radical (unpaired) electrons. The highest BCUT2D eigenvalue weighted by molar-refractivity contribution is 7.90. The van der Waals surface area contributed by atoms with E-state index >= 15 is 0 Å². The van der Waals surface area contributed by atoms with E-state index in [1.165, 1.54) is 35.2 Å². The molecule has 3 rings (SSSR count). The number of piperazine rings is 1. The molecule has 2 N–H and O–H groups in total. The van der Waals surface area contributed by atoms with Crippen molar-refractivity contribution >= 4 is 27.7 Å². The molecule has 1 aromatic carbocycles. The summed E-state index contributed by atoms with van der Waals surface area (Å²) in [6.07, 6.45) is 0.128. The van der Waals surface area contributed by atoms with Crippen molar-refractivity contribution in [2.75, 3.05) is 19.6 Å². The molecule has 0 aliphatic carbocycles. The van der Waals surface area contributed by atoms with Gasteiger partial charge in [-0.1, -0.05) is 38.4 Å². The molecular formula is C21H26ClN3O6S. The smallest absolute Gasteiger partial charge is 0.407 e. The van der Waals surface area contributed by atoms with Gasteiger partial charge < -0.3 is 15.1 Å². The Bertz CT molecular complexity index is 1190. The van der Waals surface area contributed by atoms with Crippen molar-refractivity contribution in [3.63, 3.8) is 0 Å². The van der Waals surface area contributed by atoms with E-state index in [0.29, 0.717) is 17.1 Å². The van der Waals surface area contributed by atoms with E-state index in [0.717, 1.165) is 6.20 Å². The average Bonchev–Trinajstić information content (AvgIpc) is 2.70. The van der Waals surface area contributed by atoms with Crippen LogP contribution in [0.15, 0.2) is 46.2 Å². The number of rotatable bonds is 4. The molecule has 0 saturated carbocycles. The van der Waals surface area contributed by atoms with Crippen molar-refractivity contribution in [2.45, 2.75) is 38.3 Å². The minimum Gasteiger partial charge on any atom is -0.503 e. The van der Waals surface area contributed by atoms with E-state index in [4.69, 9.17) is 11.6 Å². The average molecular weight is 484 g/mol. The van der Waals surface area contributed by atoms with Crippen LogP contribution in [0.1, 0.15) is 26.3 Å². The number of pyridine rings is 1. The molecule has 32 heavy (non-hydrogen) atoms. The normalized spacial score (nSPS) is 18.0.